The number of hydrogen-bond donors (Lipinski definition) is 1. The van der Waals surface area contributed by atoms with Gasteiger partial charge in [-0.25, -0.2) is 0 Å². The molecule has 92 valence electrons. The highest BCUT2D eigenvalue weighted by Gasteiger charge is 2.17. The first-order valence-electron chi connectivity index (χ1n) is 6.79. The van der Waals surface area contributed by atoms with Gasteiger partial charge in [-0.1, -0.05) is 50.1 Å². The zero-order chi connectivity index (χ0) is 12.1. The van der Waals surface area contributed by atoms with E-state index in [1.54, 1.807) is 0 Å². The Balaban J connectivity index is 2.03. The van der Waals surface area contributed by atoms with Crippen LogP contribution in [0.4, 0.5) is 0 Å². The quantitative estimate of drug-likeness (QED) is 0.835. The summed E-state index contributed by atoms with van der Waals surface area (Å²) in [4.78, 5) is 0. The van der Waals surface area contributed by atoms with E-state index in [1.807, 2.05) is 0 Å². The van der Waals surface area contributed by atoms with Gasteiger partial charge >= 0.3 is 0 Å². The molecule has 2 N–H and O–H groups in total. The van der Waals surface area contributed by atoms with E-state index >= 15 is 0 Å². The fourth-order valence-corrected chi connectivity index (χ4v) is 2.74. The minimum Gasteiger partial charge on any atom is -0.330 e. The van der Waals surface area contributed by atoms with E-state index in [4.69, 9.17) is 5.73 Å². The fraction of sp³-hybridized carbons (Fsp3) is 0.500. The molecular weight excluding hydrogens is 206 g/mol. The Kier molecular flexibility index (Phi) is 4.38. The Hall–Kier alpha value is -1.08. The van der Waals surface area contributed by atoms with Gasteiger partial charge < -0.3 is 5.73 Å². The molecule has 1 aliphatic carbocycles. The Morgan fingerprint density at radius 2 is 1.76 bits per heavy atom. The van der Waals surface area contributed by atoms with Gasteiger partial charge in [0.15, 0.2) is 0 Å². The van der Waals surface area contributed by atoms with Crippen molar-refractivity contribution in [3.63, 3.8) is 0 Å². The van der Waals surface area contributed by atoms with Gasteiger partial charge in [-0.05, 0) is 48.4 Å². The zero-order valence-electron chi connectivity index (χ0n) is 10.6. The highest BCUT2D eigenvalue weighted by Crippen LogP contribution is 2.34. The summed E-state index contributed by atoms with van der Waals surface area (Å²) in [5.74, 6) is 0.712. The van der Waals surface area contributed by atoms with Crippen molar-refractivity contribution < 1.29 is 0 Å². The molecule has 0 aliphatic heterocycles. The summed E-state index contributed by atoms with van der Waals surface area (Å²) in [7, 11) is 0. The van der Waals surface area contributed by atoms with Crippen LogP contribution in [0.2, 0.25) is 0 Å². The lowest BCUT2D eigenvalue weighted by Crippen LogP contribution is -2.08. The third-order valence-corrected chi connectivity index (χ3v) is 3.86. The molecule has 0 atom stereocenters. The van der Waals surface area contributed by atoms with E-state index in [9.17, 15) is 0 Å². The molecule has 1 nitrogen and oxygen atoms in total. The van der Waals surface area contributed by atoms with Crippen LogP contribution < -0.4 is 5.73 Å². The average Bonchev–Trinajstić information content (AvgIpc) is 2.40. The van der Waals surface area contributed by atoms with Crippen molar-refractivity contribution in [2.24, 2.45) is 11.7 Å². The second-order valence-corrected chi connectivity index (χ2v) is 5.10. The zero-order valence-corrected chi connectivity index (χ0v) is 10.6. The normalized spacial score (nSPS) is 17.0. The molecule has 2 rings (SSSR count). The Labute approximate surface area is 105 Å². The first-order chi connectivity index (χ1) is 8.31. The predicted octanol–water partition coefficient (Wildman–Crippen LogP) is 3.78. The number of hydrogen-bond acceptors (Lipinski definition) is 1. The van der Waals surface area contributed by atoms with Gasteiger partial charge in [0.2, 0.25) is 0 Å². The highest BCUT2D eigenvalue weighted by molar-refractivity contribution is 5.65. The summed E-state index contributed by atoms with van der Waals surface area (Å²) in [5, 5.41) is 0. The van der Waals surface area contributed by atoms with Crippen LogP contribution in [0.15, 0.2) is 30.8 Å². The van der Waals surface area contributed by atoms with Gasteiger partial charge in [-0.2, -0.15) is 0 Å². The highest BCUT2D eigenvalue weighted by atomic mass is 14.5. The first-order valence-corrected chi connectivity index (χ1v) is 6.79. The minimum absolute atomic E-state index is 0.712. The third kappa shape index (κ3) is 3.19. The van der Waals surface area contributed by atoms with E-state index in [1.165, 1.54) is 48.8 Å². The van der Waals surface area contributed by atoms with Gasteiger partial charge in [0.05, 0.1) is 0 Å². The van der Waals surface area contributed by atoms with Crippen LogP contribution in [-0.4, -0.2) is 6.54 Å². The molecule has 1 fully saturated rings. The molecule has 0 radical (unpaired) electrons. The minimum atomic E-state index is 0.712. The summed E-state index contributed by atoms with van der Waals surface area (Å²) in [5.41, 5.74) is 9.54. The lowest BCUT2D eigenvalue weighted by atomic mass is 9.81. The largest absolute Gasteiger partial charge is 0.330 e. The van der Waals surface area contributed by atoms with E-state index < -0.39 is 0 Å². The van der Waals surface area contributed by atoms with Crippen molar-refractivity contribution in [2.75, 3.05) is 6.54 Å². The molecule has 1 aromatic carbocycles. The van der Waals surface area contributed by atoms with Gasteiger partial charge in [0.1, 0.15) is 0 Å². The van der Waals surface area contributed by atoms with Crippen molar-refractivity contribution in [2.45, 2.75) is 38.5 Å². The third-order valence-electron chi connectivity index (χ3n) is 3.86. The molecule has 1 aliphatic rings. The van der Waals surface area contributed by atoms with Crippen molar-refractivity contribution >= 4 is 5.57 Å². The second kappa shape index (κ2) is 6.02. The van der Waals surface area contributed by atoms with Gasteiger partial charge in [-0.3, -0.25) is 0 Å². The molecule has 0 bridgehead atoms. The van der Waals surface area contributed by atoms with E-state index in [0.29, 0.717) is 5.92 Å². The number of benzene rings is 1. The van der Waals surface area contributed by atoms with Crippen LogP contribution >= 0.6 is 0 Å². The van der Waals surface area contributed by atoms with Crippen LogP contribution in [0, 0.1) is 5.92 Å². The van der Waals surface area contributed by atoms with E-state index in [2.05, 4.69) is 30.8 Å². The SMILES string of the molecule is C=C(c1ccc(CCN)cc1)C1CCCCC1. The fourth-order valence-electron chi connectivity index (χ4n) is 2.74. The van der Waals surface area contributed by atoms with Gasteiger partial charge in [0.25, 0.3) is 0 Å². The Bertz CT molecular complexity index is 358. The molecule has 1 aromatic rings. The summed E-state index contributed by atoms with van der Waals surface area (Å²) < 4.78 is 0. The lowest BCUT2D eigenvalue weighted by molar-refractivity contribution is 0.430. The summed E-state index contributed by atoms with van der Waals surface area (Å²) in [6.07, 6.45) is 7.76. The number of rotatable bonds is 4. The summed E-state index contributed by atoms with van der Waals surface area (Å²) in [6.45, 7) is 5.02. The molecule has 0 unspecified atom stereocenters. The average molecular weight is 229 g/mol. The molecule has 0 heterocycles. The van der Waals surface area contributed by atoms with Crippen LogP contribution in [-0.2, 0) is 6.42 Å². The second-order valence-electron chi connectivity index (χ2n) is 5.10. The Morgan fingerprint density at radius 1 is 1.12 bits per heavy atom. The van der Waals surface area contributed by atoms with Gasteiger partial charge in [0, 0.05) is 0 Å². The van der Waals surface area contributed by atoms with Crippen LogP contribution in [0.3, 0.4) is 0 Å². The van der Waals surface area contributed by atoms with Crippen molar-refractivity contribution in [3.8, 4) is 0 Å². The maximum atomic E-state index is 5.56. The number of allylic oxidation sites excluding steroid dienone is 1. The standard InChI is InChI=1S/C16H23N/c1-13(15-5-3-2-4-6-15)16-9-7-14(8-10-16)11-12-17/h7-10,15H,1-6,11-12,17H2. The molecule has 17 heavy (non-hydrogen) atoms. The van der Waals surface area contributed by atoms with Crippen LogP contribution in [0.1, 0.15) is 43.2 Å². The van der Waals surface area contributed by atoms with E-state index in [-0.39, 0.29) is 0 Å². The summed E-state index contributed by atoms with van der Waals surface area (Å²) >= 11 is 0. The molecule has 0 spiro atoms. The van der Waals surface area contributed by atoms with Gasteiger partial charge in [-0.15, -0.1) is 0 Å². The monoisotopic (exact) mass is 229 g/mol. The molecule has 1 saturated carbocycles. The topological polar surface area (TPSA) is 26.0 Å². The smallest absolute Gasteiger partial charge is 0.00367 e. The predicted molar refractivity (Wildman–Crippen MR) is 74.8 cm³/mol. The number of nitrogens with two attached hydrogens (primary N) is 1. The van der Waals surface area contributed by atoms with Crippen molar-refractivity contribution in [3.05, 3.63) is 42.0 Å². The molecular formula is C16H23N. The molecule has 0 amide bonds. The van der Waals surface area contributed by atoms with Crippen molar-refractivity contribution in [1.29, 1.82) is 0 Å². The first kappa shape index (κ1) is 12.4. The molecule has 0 aromatic heterocycles. The maximum Gasteiger partial charge on any atom is -0.00367 e. The van der Waals surface area contributed by atoms with E-state index in [0.717, 1.165) is 13.0 Å². The Morgan fingerprint density at radius 3 is 2.35 bits per heavy atom. The summed E-state index contributed by atoms with van der Waals surface area (Å²) in [6, 6.07) is 8.80. The molecule has 1 heteroatoms. The lowest BCUT2D eigenvalue weighted by Gasteiger charge is -2.24. The van der Waals surface area contributed by atoms with Crippen molar-refractivity contribution in [1.82, 2.24) is 0 Å². The maximum absolute atomic E-state index is 5.56. The van der Waals surface area contributed by atoms with Crippen LogP contribution in [0.25, 0.3) is 5.57 Å². The van der Waals surface area contributed by atoms with Crippen LogP contribution in [0.5, 0.6) is 0 Å². The molecule has 0 saturated heterocycles.